The normalized spacial score (nSPS) is 20.6. The summed E-state index contributed by atoms with van der Waals surface area (Å²) in [4.78, 5) is 63.7. The van der Waals surface area contributed by atoms with E-state index in [1.165, 1.54) is 4.90 Å². The summed E-state index contributed by atoms with van der Waals surface area (Å²) in [6.45, 7) is 3.76. The third-order valence-electron chi connectivity index (χ3n) is 11.2. The zero-order valence-corrected chi connectivity index (χ0v) is 28.6. The van der Waals surface area contributed by atoms with Gasteiger partial charge < -0.3 is 30.7 Å². The summed E-state index contributed by atoms with van der Waals surface area (Å²) in [6, 6.07) is 17.3. The van der Waals surface area contributed by atoms with Crippen LogP contribution in [0, 0.1) is 5.41 Å². The number of benzene rings is 2. The summed E-state index contributed by atoms with van der Waals surface area (Å²) in [5, 5.41) is 9.15. The fraction of sp³-hybridized carbons (Fsp3) is 0.447. The molecule has 4 heterocycles. The molecular formula is C38H44FN7O4. The third-order valence-corrected chi connectivity index (χ3v) is 11.2. The number of nitrogens with zero attached hydrogens (tertiary/aromatic N) is 4. The molecule has 0 unspecified atom stereocenters. The first-order chi connectivity index (χ1) is 24.1. The molecule has 4 aliphatic rings. The van der Waals surface area contributed by atoms with Crippen molar-refractivity contribution in [2.45, 2.75) is 63.7 Å². The van der Waals surface area contributed by atoms with Gasteiger partial charge in [-0.15, -0.1) is 0 Å². The Morgan fingerprint density at radius 1 is 1.00 bits per heavy atom. The summed E-state index contributed by atoms with van der Waals surface area (Å²) < 4.78 is 13.4. The van der Waals surface area contributed by atoms with Gasteiger partial charge >= 0.3 is 6.03 Å². The van der Waals surface area contributed by atoms with Crippen LogP contribution in [0.1, 0.15) is 54.0 Å². The maximum atomic E-state index is 14.6. The molecule has 0 saturated carbocycles. The van der Waals surface area contributed by atoms with Crippen LogP contribution in [0.3, 0.4) is 0 Å². The number of nitrogens with one attached hydrogen (secondary N) is 3. The highest BCUT2D eigenvalue weighted by Gasteiger charge is 2.51. The van der Waals surface area contributed by atoms with Gasteiger partial charge in [0.25, 0.3) is 0 Å². The maximum Gasteiger partial charge on any atom is 0.320 e. The standard InChI is InChI=1S/C38H44FN7O4/c1-3-37(12-15-44(16-13-37)36(50)46-22-29(39)23-46)35(49)45(21-27-8-5-4-7-26(27)20-40-2)24-32(47)42-30-11-10-25-18-38(19-28(25)17-30)31-9-6-14-41-33(31)43-34(38)48/h4-11,14,17,29,40H,3,12-13,15-16,18-24H2,1-2H3,(H,42,47)(H,41,43,48)/t38-/m1/s1. The Balaban J connectivity index is 1.08. The Hall–Kier alpha value is -4.84. The molecule has 3 aliphatic heterocycles. The van der Waals surface area contributed by atoms with Crippen molar-refractivity contribution < 1.29 is 23.6 Å². The van der Waals surface area contributed by atoms with Crippen LogP contribution in [0.25, 0.3) is 0 Å². The number of halogens is 1. The van der Waals surface area contributed by atoms with E-state index in [4.69, 9.17) is 0 Å². The zero-order chi connectivity index (χ0) is 35.0. The van der Waals surface area contributed by atoms with Crippen LogP contribution in [-0.4, -0.2) is 89.4 Å². The van der Waals surface area contributed by atoms with Gasteiger partial charge in [-0.25, -0.2) is 14.2 Å². The SMILES string of the molecule is CCC1(C(=O)N(CC(=O)Nc2ccc3c(c2)C[C@@]2(C3)C(=O)Nc3ncccc32)Cc2ccccc2CNC)CCN(C(=O)N2CC(F)C2)CC1. The second kappa shape index (κ2) is 13.5. The molecule has 1 spiro atoms. The van der Waals surface area contributed by atoms with E-state index in [0.717, 1.165) is 27.8 Å². The molecule has 2 aromatic carbocycles. The number of likely N-dealkylation sites (tertiary alicyclic amines) is 2. The van der Waals surface area contributed by atoms with Crippen molar-refractivity contribution in [3.05, 3.63) is 88.6 Å². The number of carbonyl (C=O) groups excluding carboxylic acids is 4. The van der Waals surface area contributed by atoms with Gasteiger partial charge in [0, 0.05) is 43.6 Å². The molecule has 2 saturated heterocycles. The molecule has 3 N–H and O–H groups in total. The van der Waals surface area contributed by atoms with Crippen molar-refractivity contribution in [2.24, 2.45) is 5.41 Å². The van der Waals surface area contributed by atoms with E-state index in [0.29, 0.717) is 63.2 Å². The quantitative estimate of drug-likeness (QED) is 0.313. The number of anilines is 2. The van der Waals surface area contributed by atoms with E-state index >= 15 is 0 Å². The number of hydrogen-bond acceptors (Lipinski definition) is 6. The molecule has 7 rings (SSSR count). The minimum atomic E-state index is -0.970. The number of aromatic nitrogens is 1. The van der Waals surface area contributed by atoms with Gasteiger partial charge in [-0.2, -0.15) is 0 Å². The molecule has 12 heteroatoms. The summed E-state index contributed by atoms with van der Waals surface area (Å²) in [7, 11) is 1.87. The summed E-state index contributed by atoms with van der Waals surface area (Å²) in [6.07, 6.45) is 3.28. The number of rotatable bonds is 9. The minimum Gasteiger partial charge on any atom is -0.329 e. The average Bonchev–Trinajstić information content (AvgIpc) is 3.63. The number of urea groups is 1. The maximum absolute atomic E-state index is 14.6. The number of alkyl halides is 1. The molecule has 1 aromatic heterocycles. The van der Waals surface area contributed by atoms with Crippen LogP contribution in [0.4, 0.5) is 20.7 Å². The lowest BCUT2D eigenvalue weighted by Crippen LogP contribution is -2.59. The minimum absolute atomic E-state index is 0.0605. The van der Waals surface area contributed by atoms with Crippen molar-refractivity contribution in [1.82, 2.24) is 25.0 Å². The summed E-state index contributed by atoms with van der Waals surface area (Å²) in [5.74, 6) is 0.121. The van der Waals surface area contributed by atoms with Crippen molar-refractivity contribution in [1.29, 1.82) is 0 Å². The highest BCUT2D eigenvalue weighted by molar-refractivity contribution is 6.06. The number of amides is 5. The van der Waals surface area contributed by atoms with Crippen LogP contribution in [0.5, 0.6) is 0 Å². The van der Waals surface area contributed by atoms with Crippen LogP contribution >= 0.6 is 0 Å². The number of fused-ring (bicyclic) bond motifs is 3. The van der Waals surface area contributed by atoms with Crippen LogP contribution in [-0.2, 0) is 45.7 Å². The van der Waals surface area contributed by atoms with Crippen molar-refractivity contribution in [2.75, 3.05) is 50.4 Å². The van der Waals surface area contributed by atoms with Gasteiger partial charge in [-0.1, -0.05) is 43.3 Å². The first-order valence-corrected chi connectivity index (χ1v) is 17.5. The Labute approximate surface area is 291 Å². The van der Waals surface area contributed by atoms with E-state index in [1.54, 1.807) is 16.0 Å². The highest BCUT2D eigenvalue weighted by Crippen LogP contribution is 2.47. The predicted molar refractivity (Wildman–Crippen MR) is 187 cm³/mol. The first-order valence-electron chi connectivity index (χ1n) is 17.5. The van der Waals surface area contributed by atoms with E-state index in [9.17, 15) is 23.6 Å². The molecular weight excluding hydrogens is 637 g/mol. The van der Waals surface area contributed by atoms with Gasteiger partial charge in [0.2, 0.25) is 17.7 Å². The molecule has 11 nitrogen and oxygen atoms in total. The highest BCUT2D eigenvalue weighted by atomic mass is 19.1. The second-order valence-corrected chi connectivity index (χ2v) is 14.2. The van der Waals surface area contributed by atoms with E-state index in [2.05, 4.69) is 20.9 Å². The largest absolute Gasteiger partial charge is 0.329 e. The molecule has 2 fully saturated rings. The number of piperidine rings is 1. The molecule has 3 aromatic rings. The Bertz CT molecular complexity index is 1820. The van der Waals surface area contributed by atoms with Crippen LogP contribution in [0.15, 0.2) is 60.8 Å². The molecule has 1 atom stereocenters. The monoisotopic (exact) mass is 681 g/mol. The average molecular weight is 682 g/mol. The van der Waals surface area contributed by atoms with Gasteiger partial charge in [0.05, 0.1) is 23.9 Å². The molecule has 262 valence electrons. The molecule has 0 bridgehead atoms. The van der Waals surface area contributed by atoms with E-state index in [1.807, 2.05) is 68.6 Å². The lowest BCUT2D eigenvalue weighted by Gasteiger charge is -2.45. The Kier molecular flexibility index (Phi) is 9.06. The lowest BCUT2D eigenvalue weighted by molar-refractivity contribution is -0.148. The van der Waals surface area contributed by atoms with Crippen LogP contribution in [0.2, 0.25) is 0 Å². The zero-order valence-electron chi connectivity index (χ0n) is 28.6. The van der Waals surface area contributed by atoms with Gasteiger partial charge in [-0.05, 0) is 79.6 Å². The third kappa shape index (κ3) is 6.10. The predicted octanol–water partition coefficient (Wildman–Crippen LogP) is 4.02. The molecule has 1 aliphatic carbocycles. The summed E-state index contributed by atoms with van der Waals surface area (Å²) >= 11 is 0. The fourth-order valence-corrected chi connectivity index (χ4v) is 8.16. The van der Waals surface area contributed by atoms with Crippen molar-refractivity contribution in [3.8, 4) is 0 Å². The number of carbonyl (C=O) groups is 4. The smallest absolute Gasteiger partial charge is 0.320 e. The van der Waals surface area contributed by atoms with E-state index in [-0.39, 0.29) is 49.9 Å². The number of hydrogen-bond donors (Lipinski definition) is 3. The van der Waals surface area contributed by atoms with Crippen molar-refractivity contribution in [3.63, 3.8) is 0 Å². The second-order valence-electron chi connectivity index (χ2n) is 14.2. The van der Waals surface area contributed by atoms with Crippen LogP contribution < -0.4 is 16.0 Å². The van der Waals surface area contributed by atoms with Crippen molar-refractivity contribution >= 4 is 35.3 Å². The molecule has 5 amide bonds. The molecule has 50 heavy (non-hydrogen) atoms. The fourth-order valence-electron chi connectivity index (χ4n) is 8.16. The summed E-state index contributed by atoms with van der Waals surface area (Å²) in [5.41, 5.74) is 4.11. The lowest BCUT2D eigenvalue weighted by atomic mass is 9.74. The number of pyridine rings is 1. The topological polar surface area (TPSA) is 127 Å². The Morgan fingerprint density at radius 3 is 2.46 bits per heavy atom. The van der Waals surface area contributed by atoms with E-state index < -0.39 is 17.0 Å². The molecule has 0 radical (unpaired) electrons. The van der Waals surface area contributed by atoms with Gasteiger partial charge in [-0.3, -0.25) is 14.4 Å². The Morgan fingerprint density at radius 2 is 1.74 bits per heavy atom. The van der Waals surface area contributed by atoms with Gasteiger partial charge in [0.1, 0.15) is 18.5 Å². The first kappa shape index (κ1) is 33.6. The van der Waals surface area contributed by atoms with Gasteiger partial charge in [0.15, 0.2) is 0 Å².